The number of halogens is 2. The first kappa shape index (κ1) is 23.0. The van der Waals surface area contributed by atoms with Gasteiger partial charge in [0.1, 0.15) is 0 Å². The summed E-state index contributed by atoms with van der Waals surface area (Å²) in [6.07, 6.45) is 7.04. The van der Waals surface area contributed by atoms with E-state index in [1.165, 1.54) is 38.8 Å². The zero-order valence-corrected chi connectivity index (χ0v) is 16.3. The summed E-state index contributed by atoms with van der Waals surface area (Å²) in [5.74, 6) is 1.22. The van der Waals surface area contributed by atoms with Gasteiger partial charge in [-0.3, -0.25) is 9.69 Å². The Hall–Kier alpha value is -0.0300. The third-order valence-electron chi connectivity index (χ3n) is 5.40. The number of likely N-dealkylation sites (tertiary alicyclic amines) is 1. The predicted octanol–water partition coefficient (Wildman–Crippen LogP) is 2.85. The van der Waals surface area contributed by atoms with Crippen LogP contribution in [0.15, 0.2) is 0 Å². The number of nitrogens with zero attached hydrogens (tertiary/aromatic N) is 1. The highest BCUT2D eigenvalue weighted by Gasteiger charge is 2.29. The zero-order chi connectivity index (χ0) is 15.1. The summed E-state index contributed by atoms with van der Waals surface area (Å²) >= 11 is 0. The molecule has 23 heavy (non-hydrogen) atoms. The van der Waals surface area contributed by atoms with E-state index in [4.69, 9.17) is 0 Å². The summed E-state index contributed by atoms with van der Waals surface area (Å²) < 4.78 is 0. The van der Waals surface area contributed by atoms with Crippen LogP contribution in [0.25, 0.3) is 0 Å². The molecule has 2 saturated heterocycles. The van der Waals surface area contributed by atoms with Crippen LogP contribution in [0.4, 0.5) is 0 Å². The van der Waals surface area contributed by atoms with Crippen LogP contribution in [0.2, 0.25) is 0 Å². The van der Waals surface area contributed by atoms with E-state index in [2.05, 4.69) is 29.4 Å². The van der Waals surface area contributed by atoms with Gasteiger partial charge < -0.3 is 10.6 Å². The van der Waals surface area contributed by atoms with Gasteiger partial charge >= 0.3 is 0 Å². The molecule has 0 aliphatic carbocycles. The van der Waals surface area contributed by atoms with Gasteiger partial charge in [-0.15, -0.1) is 24.8 Å². The number of hydrogen-bond acceptors (Lipinski definition) is 3. The number of carbonyl (C=O) groups excluding carboxylic acids is 1. The van der Waals surface area contributed by atoms with Crippen LogP contribution in [0, 0.1) is 11.8 Å². The van der Waals surface area contributed by atoms with Crippen molar-refractivity contribution in [3.05, 3.63) is 0 Å². The van der Waals surface area contributed by atoms with Crippen molar-refractivity contribution in [2.45, 2.75) is 58.4 Å². The van der Waals surface area contributed by atoms with Crippen molar-refractivity contribution in [2.75, 3.05) is 32.7 Å². The highest BCUT2D eigenvalue weighted by atomic mass is 35.5. The first-order chi connectivity index (χ1) is 10.3. The molecule has 0 bridgehead atoms. The maximum absolute atomic E-state index is 12.4. The standard InChI is InChI=1S/C17H33N3O.2ClH/c1-3-14(4-2)16(20-11-5-6-12-20)13-19-17(21)15-7-9-18-10-8-15;;/h14-16,18H,3-13H2,1-2H3,(H,19,21);2*1H. The van der Waals surface area contributed by atoms with Crippen molar-refractivity contribution >= 4 is 30.7 Å². The Morgan fingerprint density at radius 2 is 1.70 bits per heavy atom. The highest BCUT2D eigenvalue weighted by Crippen LogP contribution is 2.22. The van der Waals surface area contributed by atoms with Gasteiger partial charge in [0.15, 0.2) is 0 Å². The van der Waals surface area contributed by atoms with E-state index in [1.54, 1.807) is 0 Å². The quantitative estimate of drug-likeness (QED) is 0.726. The fourth-order valence-electron chi connectivity index (χ4n) is 3.93. The summed E-state index contributed by atoms with van der Waals surface area (Å²) in [7, 11) is 0. The molecule has 138 valence electrons. The fraction of sp³-hybridized carbons (Fsp3) is 0.941. The Labute approximate surface area is 154 Å². The molecule has 2 heterocycles. The lowest BCUT2D eigenvalue weighted by molar-refractivity contribution is -0.126. The molecule has 4 nitrogen and oxygen atoms in total. The number of piperidine rings is 1. The molecule has 1 atom stereocenters. The summed E-state index contributed by atoms with van der Waals surface area (Å²) in [6.45, 7) is 9.81. The van der Waals surface area contributed by atoms with Gasteiger partial charge in [0.2, 0.25) is 5.91 Å². The molecular weight excluding hydrogens is 333 g/mol. The summed E-state index contributed by atoms with van der Waals surface area (Å²) in [5, 5.41) is 6.60. The van der Waals surface area contributed by atoms with Crippen molar-refractivity contribution in [3.63, 3.8) is 0 Å². The summed E-state index contributed by atoms with van der Waals surface area (Å²) in [6, 6.07) is 0.535. The second-order valence-corrected chi connectivity index (χ2v) is 6.66. The largest absolute Gasteiger partial charge is 0.354 e. The first-order valence-corrected chi connectivity index (χ1v) is 8.98. The van der Waals surface area contributed by atoms with E-state index >= 15 is 0 Å². The van der Waals surface area contributed by atoms with Crippen molar-refractivity contribution in [1.82, 2.24) is 15.5 Å². The van der Waals surface area contributed by atoms with E-state index < -0.39 is 0 Å². The molecule has 2 aliphatic rings. The average molecular weight is 368 g/mol. The third-order valence-corrected chi connectivity index (χ3v) is 5.40. The zero-order valence-electron chi connectivity index (χ0n) is 14.7. The number of hydrogen-bond donors (Lipinski definition) is 2. The fourth-order valence-corrected chi connectivity index (χ4v) is 3.93. The minimum Gasteiger partial charge on any atom is -0.354 e. The molecule has 1 unspecified atom stereocenters. The van der Waals surface area contributed by atoms with Crippen LogP contribution >= 0.6 is 24.8 Å². The summed E-state index contributed by atoms with van der Waals surface area (Å²) in [4.78, 5) is 15.0. The Kier molecular flexibility index (Phi) is 12.3. The van der Waals surface area contributed by atoms with Crippen LogP contribution in [-0.4, -0.2) is 49.6 Å². The maximum Gasteiger partial charge on any atom is 0.223 e. The highest BCUT2D eigenvalue weighted by molar-refractivity contribution is 5.85. The molecule has 1 amide bonds. The normalized spacial score (nSPS) is 20.7. The van der Waals surface area contributed by atoms with Crippen LogP contribution in [0.1, 0.15) is 52.4 Å². The smallest absolute Gasteiger partial charge is 0.223 e. The molecule has 0 aromatic carbocycles. The van der Waals surface area contributed by atoms with Gasteiger partial charge in [-0.2, -0.15) is 0 Å². The molecule has 0 aromatic heterocycles. The molecule has 0 aromatic rings. The molecule has 2 fully saturated rings. The van der Waals surface area contributed by atoms with E-state index in [1.807, 2.05) is 0 Å². The van der Waals surface area contributed by atoms with Crippen molar-refractivity contribution < 1.29 is 4.79 Å². The Morgan fingerprint density at radius 3 is 2.22 bits per heavy atom. The van der Waals surface area contributed by atoms with Crippen LogP contribution in [-0.2, 0) is 4.79 Å². The molecule has 0 saturated carbocycles. The second kappa shape index (κ2) is 12.3. The van der Waals surface area contributed by atoms with E-state index in [-0.39, 0.29) is 36.6 Å². The van der Waals surface area contributed by atoms with Crippen molar-refractivity contribution in [3.8, 4) is 0 Å². The van der Waals surface area contributed by atoms with Crippen LogP contribution < -0.4 is 10.6 Å². The van der Waals surface area contributed by atoms with E-state index in [9.17, 15) is 4.79 Å². The number of rotatable bonds is 7. The lowest BCUT2D eigenvalue weighted by Gasteiger charge is -2.34. The maximum atomic E-state index is 12.4. The van der Waals surface area contributed by atoms with Crippen LogP contribution in [0.3, 0.4) is 0 Å². The number of nitrogens with one attached hydrogen (secondary N) is 2. The van der Waals surface area contributed by atoms with Gasteiger partial charge in [0, 0.05) is 18.5 Å². The molecular formula is C17H35Cl2N3O. The molecule has 0 spiro atoms. The number of carbonyl (C=O) groups is 1. The number of amides is 1. The molecule has 2 rings (SSSR count). The molecule has 2 N–H and O–H groups in total. The van der Waals surface area contributed by atoms with Gasteiger partial charge in [-0.25, -0.2) is 0 Å². The van der Waals surface area contributed by atoms with Crippen molar-refractivity contribution in [2.24, 2.45) is 11.8 Å². The third kappa shape index (κ3) is 6.77. The monoisotopic (exact) mass is 367 g/mol. The molecule has 6 heteroatoms. The minimum absolute atomic E-state index is 0. The Balaban J connectivity index is 0.00000242. The predicted molar refractivity (Wildman–Crippen MR) is 102 cm³/mol. The van der Waals surface area contributed by atoms with Gasteiger partial charge in [0.25, 0.3) is 0 Å². The molecule has 0 radical (unpaired) electrons. The van der Waals surface area contributed by atoms with Crippen LogP contribution in [0.5, 0.6) is 0 Å². The lowest BCUT2D eigenvalue weighted by Crippen LogP contribution is -2.48. The average Bonchev–Trinajstić information content (AvgIpc) is 3.06. The summed E-state index contributed by atoms with van der Waals surface area (Å²) in [5.41, 5.74) is 0. The van der Waals surface area contributed by atoms with E-state index in [0.29, 0.717) is 12.0 Å². The van der Waals surface area contributed by atoms with Gasteiger partial charge in [-0.05, 0) is 57.8 Å². The minimum atomic E-state index is 0. The van der Waals surface area contributed by atoms with Gasteiger partial charge in [0.05, 0.1) is 0 Å². The van der Waals surface area contributed by atoms with Crippen molar-refractivity contribution in [1.29, 1.82) is 0 Å². The topological polar surface area (TPSA) is 44.4 Å². The lowest BCUT2D eigenvalue weighted by atomic mass is 9.92. The van der Waals surface area contributed by atoms with Gasteiger partial charge in [-0.1, -0.05) is 26.7 Å². The second-order valence-electron chi connectivity index (χ2n) is 6.66. The Morgan fingerprint density at radius 1 is 1.13 bits per heavy atom. The SMILES string of the molecule is CCC(CC)C(CNC(=O)C1CCNCC1)N1CCCC1.Cl.Cl. The Bertz CT molecular complexity index is 313. The molecule has 2 aliphatic heterocycles. The van der Waals surface area contributed by atoms with E-state index in [0.717, 1.165) is 32.5 Å². The first-order valence-electron chi connectivity index (χ1n) is 8.98.